The largest absolute Gasteiger partial charge is 0.444 e. The SMILES string of the molecule is CC(C)(C)OC(=O)N[C@@H]1CCC[C@H](C(=O)NNc2cc(OC(F)F)ccn2)C1. The van der Waals surface area contributed by atoms with Crippen LogP contribution in [0.3, 0.4) is 0 Å². The highest BCUT2D eigenvalue weighted by Gasteiger charge is 2.29. The molecule has 8 nitrogen and oxygen atoms in total. The van der Waals surface area contributed by atoms with Crippen molar-refractivity contribution in [2.45, 2.75) is 64.7 Å². The van der Waals surface area contributed by atoms with E-state index in [9.17, 15) is 18.4 Å². The van der Waals surface area contributed by atoms with Crippen LogP contribution < -0.4 is 20.9 Å². The molecule has 0 aromatic carbocycles. The van der Waals surface area contributed by atoms with E-state index in [1.165, 1.54) is 18.3 Å². The van der Waals surface area contributed by atoms with Crippen molar-refractivity contribution in [3.05, 3.63) is 18.3 Å². The Morgan fingerprint density at radius 1 is 1.29 bits per heavy atom. The number of anilines is 1. The molecule has 1 aromatic rings. The summed E-state index contributed by atoms with van der Waals surface area (Å²) in [4.78, 5) is 28.2. The zero-order valence-corrected chi connectivity index (χ0v) is 16.1. The number of pyridine rings is 1. The van der Waals surface area contributed by atoms with Crippen LogP contribution in [0.1, 0.15) is 46.5 Å². The van der Waals surface area contributed by atoms with E-state index in [2.05, 4.69) is 25.9 Å². The Bertz CT molecular complexity index is 682. The molecule has 1 aliphatic rings. The Kier molecular flexibility index (Phi) is 7.36. The van der Waals surface area contributed by atoms with Gasteiger partial charge < -0.3 is 14.8 Å². The van der Waals surface area contributed by atoms with Gasteiger partial charge in [0, 0.05) is 24.2 Å². The summed E-state index contributed by atoms with van der Waals surface area (Å²) in [5.74, 6) is -0.467. The molecule has 156 valence electrons. The fourth-order valence-corrected chi connectivity index (χ4v) is 2.92. The molecule has 0 aliphatic heterocycles. The summed E-state index contributed by atoms with van der Waals surface area (Å²) in [7, 11) is 0. The molecule has 10 heteroatoms. The lowest BCUT2D eigenvalue weighted by atomic mass is 9.85. The van der Waals surface area contributed by atoms with Gasteiger partial charge in [0.05, 0.1) is 0 Å². The number of rotatable bonds is 6. The van der Waals surface area contributed by atoms with E-state index in [0.717, 1.165) is 12.8 Å². The van der Waals surface area contributed by atoms with Gasteiger partial charge in [-0.25, -0.2) is 9.78 Å². The molecular formula is C18H26F2N4O4. The Balaban J connectivity index is 1.83. The number of hydrogen-bond acceptors (Lipinski definition) is 6. The third-order valence-corrected chi connectivity index (χ3v) is 4.04. The van der Waals surface area contributed by atoms with E-state index in [1.807, 2.05) is 0 Å². The highest BCUT2D eigenvalue weighted by atomic mass is 19.3. The van der Waals surface area contributed by atoms with Crippen molar-refractivity contribution in [1.29, 1.82) is 0 Å². The smallest absolute Gasteiger partial charge is 0.407 e. The number of carbonyl (C=O) groups excluding carboxylic acids is 2. The Morgan fingerprint density at radius 2 is 2.04 bits per heavy atom. The van der Waals surface area contributed by atoms with Crippen LogP contribution >= 0.6 is 0 Å². The Labute approximate surface area is 162 Å². The van der Waals surface area contributed by atoms with Crippen molar-refractivity contribution in [3.8, 4) is 5.75 Å². The van der Waals surface area contributed by atoms with Crippen molar-refractivity contribution < 1.29 is 27.8 Å². The molecule has 0 radical (unpaired) electrons. The molecule has 2 rings (SSSR count). The number of alkyl halides is 2. The van der Waals surface area contributed by atoms with E-state index in [4.69, 9.17) is 4.74 Å². The van der Waals surface area contributed by atoms with Gasteiger partial charge in [-0.15, -0.1) is 0 Å². The van der Waals surface area contributed by atoms with Gasteiger partial charge in [0.1, 0.15) is 17.2 Å². The minimum atomic E-state index is -2.94. The van der Waals surface area contributed by atoms with E-state index in [1.54, 1.807) is 20.8 Å². The first-order valence-electron chi connectivity index (χ1n) is 9.08. The molecule has 0 spiro atoms. The third-order valence-electron chi connectivity index (χ3n) is 4.04. The molecule has 1 aliphatic carbocycles. The summed E-state index contributed by atoms with van der Waals surface area (Å²) in [6.45, 7) is 2.40. The second kappa shape index (κ2) is 9.52. The van der Waals surface area contributed by atoms with Gasteiger partial charge in [-0.05, 0) is 46.1 Å². The van der Waals surface area contributed by atoms with Crippen LogP contribution in [0.2, 0.25) is 0 Å². The Morgan fingerprint density at radius 3 is 2.71 bits per heavy atom. The zero-order valence-electron chi connectivity index (χ0n) is 16.1. The van der Waals surface area contributed by atoms with Gasteiger partial charge in [-0.1, -0.05) is 6.42 Å². The average Bonchev–Trinajstić information content (AvgIpc) is 2.58. The van der Waals surface area contributed by atoms with Gasteiger partial charge in [0.25, 0.3) is 0 Å². The monoisotopic (exact) mass is 400 g/mol. The number of halogens is 2. The first-order chi connectivity index (χ1) is 13.1. The second-order valence-corrected chi connectivity index (χ2v) is 7.58. The molecule has 28 heavy (non-hydrogen) atoms. The molecule has 1 aromatic heterocycles. The normalized spacial score (nSPS) is 19.6. The highest BCUT2D eigenvalue weighted by molar-refractivity contribution is 5.80. The van der Waals surface area contributed by atoms with Gasteiger partial charge in [-0.3, -0.25) is 15.6 Å². The van der Waals surface area contributed by atoms with Crippen LogP contribution in [-0.2, 0) is 9.53 Å². The fourth-order valence-electron chi connectivity index (χ4n) is 2.92. The number of ether oxygens (including phenoxy) is 2. The predicted molar refractivity (Wildman–Crippen MR) is 97.8 cm³/mol. The van der Waals surface area contributed by atoms with Crippen LogP contribution in [-0.4, -0.2) is 35.2 Å². The quantitative estimate of drug-likeness (QED) is 0.634. The van der Waals surface area contributed by atoms with Crippen molar-refractivity contribution >= 4 is 17.8 Å². The molecule has 3 N–H and O–H groups in total. The van der Waals surface area contributed by atoms with Crippen molar-refractivity contribution in [3.63, 3.8) is 0 Å². The molecular weight excluding hydrogens is 374 g/mol. The number of carbonyl (C=O) groups is 2. The maximum Gasteiger partial charge on any atom is 0.407 e. The predicted octanol–water partition coefficient (Wildman–Crippen LogP) is 3.21. The summed E-state index contributed by atoms with van der Waals surface area (Å²) < 4.78 is 34.0. The number of nitrogens with zero attached hydrogens (tertiary/aromatic N) is 1. The van der Waals surface area contributed by atoms with E-state index in [-0.39, 0.29) is 29.4 Å². The summed E-state index contributed by atoms with van der Waals surface area (Å²) in [6.07, 6.45) is 3.50. The highest BCUT2D eigenvalue weighted by Crippen LogP contribution is 2.25. The molecule has 0 saturated heterocycles. The lowest BCUT2D eigenvalue weighted by Crippen LogP contribution is -2.45. The molecule has 1 fully saturated rings. The first kappa shape index (κ1) is 21.6. The molecule has 1 saturated carbocycles. The van der Waals surface area contributed by atoms with Crippen LogP contribution in [0.25, 0.3) is 0 Å². The summed E-state index contributed by atoms with van der Waals surface area (Å²) in [6, 6.07) is 2.38. The maximum absolute atomic E-state index is 12.4. The van der Waals surface area contributed by atoms with Crippen molar-refractivity contribution in [1.82, 2.24) is 15.7 Å². The molecule has 0 unspecified atom stereocenters. The molecule has 0 bridgehead atoms. The van der Waals surface area contributed by atoms with Gasteiger partial charge in [0.15, 0.2) is 0 Å². The minimum absolute atomic E-state index is 0.0685. The van der Waals surface area contributed by atoms with Crippen LogP contribution in [0.5, 0.6) is 5.75 Å². The van der Waals surface area contributed by atoms with Gasteiger partial charge in [-0.2, -0.15) is 8.78 Å². The summed E-state index contributed by atoms with van der Waals surface area (Å²) in [5, 5.41) is 2.80. The van der Waals surface area contributed by atoms with Crippen molar-refractivity contribution in [2.75, 3.05) is 5.43 Å². The number of alkyl carbamates (subject to hydrolysis) is 1. The summed E-state index contributed by atoms with van der Waals surface area (Å²) in [5.41, 5.74) is 4.53. The summed E-state index contributed by atoms with van der Waals surface area (Å²) >= 11 is 0. The van der Waals surface area contributed by atoms with Crippen molar-refractivity contribution in [2.24, 2.45) is 5.92 Å². The zero-order chi connectivity index (χ0) is 20.7. The van der Waals surface area contributed by atoms with Gasteiger partial charge in [0.2, 0.25) is 5.91 Å². The number of hydrazine groups is 1. The first-order valence-corrected chi connectivity index (χ1v) is 9.08. The standard InChI is InChI=1S/C18H26F2N4O4/c1-18(2,3)28-17(26)22-12-6-4-5-11(9-12)15(25)24-23-14-10-13(7-8-21-14)27-16(19)20/h7-8,10-12,16H,4-6,9H2,1-3H3,(H,21,23)(H,22,26)(H,24,25)/t11-,12+/m0/s1. The third kappa shape index (κ3) is 7.53. The number of nitrogens with one attached hydrogen (secondary N) is 3. The number of hydrogen-bond donors (Lipinski definition) is 3. The molecule has 2 atom stereocenters. The number of amides is 2. The van der Waals surface area contributed by atoms with Crippen LogP contribution in [0, 0.1) is 5.92 Å². The lowest BCUT2D eigenvalue weighted by molar-refractivity contribution is -0.125. The topological polar surface area (TPSA) is 102 Å². The number of aromatic nitrogens is 1. The average molecular weight is 400 g/mol. The fraction of sp³-hybridized carbons (Fsp3) is 0.611. The van der Waals surface area contributed by atoms with Crippen LogP contribution in [0.4, 0.5) is 19.4 Å². The molecule has 1 heterocycles. The molecule has 2 amide bonds. The van der Waals surface area contributed by atoms with E-state index < -0.39 is 18.3 Å². The maximum atomic E-state index is 12.4. The van der Waals surface area contributed by atoms with E-state index >= 15 is 0 Å². The van der Waals surface area contributed by atoms with Gasteiger partial charge >= 0.3 is 12.7 Å². The lowest BCUT2D eigenvalue weighted by Gasteiger charge is -2.30. The van der Waals surface area contributed by atoms with E-state index in [0.29, 0.717) is 12.8 Å². The minimum Gasteiger partial charge on any atom is -0.444 e. The Hall–Kier alpha value is -2.65. The van der Waals surface area contributed by atoms with Crippen LogP contribution in [0.15, 0.2) is 18.3 Å². The second-order valence-electron chi connectivity index (χ2n) is 7.58.